The lowest BCUT2D eigenvalue weighted by Gasteiger charge is -2.15. The first-order valence-corrected chi connectivity index (χ1v) is 7.23. The van der Waals surface area contributed by atoms with Crippen LogP contribution in [0.2, 0.25) is 0 Å². The average Bonchev–Trinajstić information content (AvgIpc) is 2.47. The van der Waals surface area contributed by atoms with Gasteiger partial charge in [-0.1, -0.05) is 19.1 Å². The molecule has 0 amide bonds. The number of hydrogen-bond acceptors (Lipinski definition) is 4. The van der Waals surface area contributed by atoms with Gasteiger partial charge in [-0.25, -0.2) is 0 Å². The number of aryl methyl sites for hydroxylation is 2. The van der Waals surface area contributed by atoms with Gasteiger partial charge in [-0.2, -0.15) is 0 Å². The zero-order chi connectivity index (χ0) is 16.3. The Labute approximate surface area is 130 Å². The Bertz CT molecular complexity index is 691. The summed E-state index contributed by atoms with van der Waals surface area (Å²) in [6.45, 7) is 5.45. The van der Waals surface area contributed by atoms with Gasteiger partial charge in [0.15, 0.2) is 0 Å². The molecule has 0 fully saturated rings. The van der Waals surface area contributed by atoms with E-state index in [0.29, 0.717) is 17.7 Å². The van der Waals surface area contributed by atoms with Crippen molar-refractivity contribution in [3.05, 3.63) is 53.1 Å². The summed E-state index contributed by atoms with van der Waals surface area (Å²) in [5.74, 6) is 0.0440. The van der Waals surface area contributed by atoms with E-state index in [9.17, 15) is 15.0 Å². The number of aromatic hydroxyl groups is 2. The molecule has 0 saturated heterocycles. The average molecular weight is 300 g/mol. The van der Waals surface area contributed by atoms with Crippen LogP contribution in [0.3, 0.4) is 0 Å². The Morgan fingerprint density at radius 1 is 1.05 bits per heavy atom. The molecule has 1 unspecified atom stereocenters. The predicted octanol–water partition coefficient (Wildman–Crippen LogP) is 3.81. The smallest absolute Gasteiger partial charge is 0.318 e. The maximum absolute atomic E-state index is 12.4. The Balaban J connectivity index is 2.21. The molecule has 0 radical (unpaired) electrons. The Morgan fingerprint density at radius 3 is 2.18 bits per heavy atom. The number of hydrogen-bond donors (Lipinski definition) is 2. The van der Waals surface area contributed by atoms with Crippen molar-refractivity contribution in [3.63, 3.8) is 0 Å². The van der Waals surface area contributed by atoms with Gasteiger partial charge in [-0.05, 0) is 61.2 Å². The summed E-state index contributed by atoms with van der Waals surface area (Å²) < 4.78 is 5.42. The number of rotatable bonds is 4. The highest BCUT2D eigenvalue weighted by Gasteiger charge is 2.21. The van der Waals surface area contributed by atoms with E-state index in [1.165, 1.54) is 6.07 Å². The quantitative estimate of drug-likeness (QED) is 0.665. The van der Waals surface area contributed by atoms with Crippen molar-refractivity contribution < 1.29 is 19.7 Å². The number of ether oxygens (including phenoxy) is 1. The summed E-state index contributed by atoms with van der Waals surface area (Å²) in [5, 5.41) is 19.1. The van der Waals surface area contributed by atoms with Gasteiger partial charge >= 0.3 is 5.97 Å². The number of carbonyl (C=O) groups is 1. The molecular weight excluding hydrogens is 280 g/mol. The fourth-order valence-electron chi connectivity index (χ4n) is 2.31. The normalized spacial score (nSPS) is 12.0. The van der Waals surface area contributed by atoms with E-state index in [0.717, 1.165) is 11.1 Å². The fraction of sp³-hybridized carbons (Fsp3) is 0.278. The zero-order valence-electron chi connectivity index (χ0n) is 13.0. The second-order valence-electron chi connectivity index (χ2n) is 5.38. The Hall–Kier alpha value is -2.49. The third kappa shape index (κ3) is 3.39. The number of benzene rings is 2. The molecule has 0 heterocycles. The van der Waals surface area contributed by atoms with E-state index in [-0.39, 0.29) is 17.5 Å². The third-order valence-corrected chi connectivity index (χ3v) is 3.70. The summed E-state index contributed by atoms with van der Waals surface area (Å²) in [7, 11) is 0. The maximum atomic E-state index is 12.4. The first-order chi connectivity index (χ1) is 10.4. The minimum Gasteiger partial charge on any atom is -0.508 e. The summed E-state index contributed by atoms with van der Waals surface area (Å²) >= 11 is 0. The third-order valence-electron chi connectivity index (χ3n) is 3.70. The fourth-order valence-corrected chi connectivity index (χ4v) is 2.31. The molecule has 2 aromatic rings. The lowest BCUT2D eigenvalue weighted by molar-refractivity contribution is -0.136. The van der Waals surface area contributed by atoms with Gasteiger partial charge in [0.1, 0.15) is 17.2 Å². The molecule has 4 heteroatoms. The van der Waals surface area contributed by atoms with E-state index < -0.39 is 5.92 Å². The lowest BCUT2D eigenvalue weighted by atomic mass is 9.95. The van der Waals surface area contributed by atoms with Gasteiger partial charge in [0, 0.05) is 0 Å². The molecular formula is C18H20O4. The van der Waals surface area contributed by atoms with Gasteiger partial charge in [-0.15, -0.1) is 0 Å². The van der Waals surface area contributed by atoms with Crippen molar-refractivity contribution in [2.75, 3.05) is 0 Å². The molecule has 0 aliphatic rings. The molecule has 0 bridgehead atoms. The van der Waals surface area contributed by atoms with Crippen molar-refractivity contribution in [2.24, 2.45) is 0 Å². The van der Waals surface area contributed by atoms with Crippen LogP contribution in [0.15, 0.2) is 36.4 Å². The maximum Gasteiger partial charge on any atom is 0.318 e. The van der Waals surface area contributed by atoms with Gasteiger partial charge in [0.2, 0.25) is 0 Å². The van der Waals surface area contributed by atoms with Crippen molar-refractivity contribution in [1.82, 2.24) is 0 Å². The molecule has 116 valence electrons. The Kier molecular flexibility index (Phi) is 4.71. The molecule has 2 aromatic carbocycles. The first kappa shape index (κ1) is 15.9. The number of esters is 1. The second-order valence-corrected chi connectivity index (χ2v) is 5.38. The number of phenols is 2. The minimum atomic E-state index is -0.395. The lowest BCUT2D eigenvalue weighted by Crippen LogP contribution is -2.18. The molecule has 2 rings (SSSR count). The highest BCUT2D eigenvalue weighted by atomic mass is 16.5. The molecule has 0 aliphatic carbocycles. The molecule has 2 N–H and O–H groups in total. The molecule has 4 nitrogen and oxygen atoms in total. The van der Waals surface area contributed by atoms with E-state index in [1.807, 2.05) is 6.92 Å². The second kappa shape index (κ2) is 6.52. The monoisotopic (exact) mass is 300 g/mol. The molecule has 0 aromatic heterocycles. The molecule has 0 aliphatic heterocycles. The van der Waals surface area contributed by atoms with Gasteiger partial charge < -0.3 is 14.9 Å². The van der Waals surface area contributed by atoms with Gasteiger partial charge in [-0.3, -0.25) is 4.79 Å². The van der Waals surface area contributed by atoms with Crippen molar-refractivity contribution in [1.29, 1.82) is 0 Å². The number of carbonyl (C=O) groups excluding carboxylic acids is 1. The molecule has 0 saturated carbocycles. The minimum absolute atomic E-state index is 0.168. The highest BCUT2D eigenvalue weighted by Crippen LogP contribution is 2.28. The number of phenolic OH excluding ortho intramolecular Hbond substituents is 2. The van der Waals surface area contributed by atoms with Crippen LogP contribution in [0.4, 0.5) is 0 Å². The van der Waals surface area contributed by atoms with Crippen LogP contribution in [0.25, 0.3) is 0 Å². The van der Waals surface area contributed by atoms with Gasteiger partial charge in [0.05, 0.1) is 5.92 Å². The molecule has 22 heavy (non-hydrogen) atoms. The van der Waals surface area contributed by atoms with Crippen LogP contribution in [0.5, 0.6) is 17.2 Å². The van der Waals surface area contributed by atoms with Crippen LogP contribution >= 0.6 is 0 Å². The van der Waals surface area contributed by atoms with E-state index in [4.69, 9.17) is 4.74 Å². The van der Waals surface area contributed by atoms with Crippen LogP contribution in [-0.4, -0.2) is 16.2 Å². The summed E-state index contributed by atoms with van der Waals surface area (Å²) in [6.07, 6.45) is 0.597. The predicted molar refractivity (Wildman–Crippen MR) is 84.4 cm³/mol. The van der Waals surface area contributed by atoms with E-state index in [2.05, 4.69) is 0 Å². The van der Waals surface area contributed by atoms with E-state index >= 15 is 0 Å². The summed E-state index contributed by atoms with van der Waals surface area (Å²) in [6, 6.07) is 9.82. The van der Waals surface area contributed by atoms with Gasteiger partial charge in [0.25, 0.3) is 0 Å². The largest absolute Gasteiger partial charge is 0.508 e. The van der Waals surface area contributed by atoms with Crippen LogP contribution in [0, 0.1) is 13.8 Å². The van der Waals surface area contributed by atoms with Crippen LogP contribution in [0.1, 0.15) is 36.0 Å². The first-order valence-electron chi connectivity index (χ1n) is 7.23. The molecule has 0 spiro atoms. The van der Waals surface area contributed by atoms with Crippen molar-refractivity contribution in [2.45, 2.75) is 33.1 Å². The molecule has 1 atom stereocenters. The zero-order valence-corrected chi connectivity index (χ0v) is 13.0. The van der Waals surface area contributed by atoms with E-state index in [1.54, 1.807) is 44.2 Å². The SMILES string of the molecule is CCC(C(=O)Oc1ccc(O)c(C)c1)c1ccc(O)c(C)c1. The Morgan fingerprint density at radius 2 is 1.64 bits per heavy atom. The van der Waals surface area contributed by atoms with Crippen molar-refractivity contribution >= 4 is 5.97 Å². The van der Waals surface area contributed by atoms with Crippen LogP contribution in [-0.2, 0) is 4.79 Å². The van der Waals surface area contributed by atoms with Crippen LogP contribution < -0.4 is 4.74 Å². The topological polar surface area (TPSA) is 66.8 Å². The summed E-state index contributed by atoms with van der Waals surface area (Å²) in [4.78, 5) is 12.4. The van der Waals surface area contributed by atoms with Crippen molar-refractivity contribution in [3.8, 4) is 17.2 Å². The standard InChI is InChI=1S/C18H20O4/c1-4-15(13-5-7-16(19)11(2)9-13)18(21)22-14-6-8-17(20)12(3)10-14/h5-10,15,19-20H,4H2,1-3H3. The highest BCUT2D eigenvalue weighted by molar-refractivity contribution is 5.80. The summed E-state index contributed by atoms with van der Waals surface area (Å²) in [5.41, 5.74) is 2.20.